The maximum Gasteiger partial charge on any atom is 0.180 e. The molecule has 1 atom stereocenters. The van der Waals surface area contributed by atoms with Crippen LogP contribution >= 0.6 is 8.69 Å². The van der Waals surface area contributed by atoms with Crippen LogP contribution in [0.1, 0.15) is 162 Å². The molecule has 0 bridgehead atoms. The van der Waals surface area contributed by atoms with Crippen LogP contribution in [0.25, 0.3) is 0 Å². The standard InChI is InChI=1S/C26H55O2P/c1-4-7-10-13-16-19-22-25-26(28-29-27,23-20-17-14-11-8-5-2)24-21-18-15-12-9-6-3/h4-25,29H2,1-3H3. The zero-order chi connectivity index (χ0) is 21.5. The van der Waals surface area contributed by atoms with E-state index in [2.05, 4.69) is 20.8 Å². The van der Waals surface area contributed by atoms with Crippen molar-refractivity contribution in [3.05, 3.63) is 0 Å². The number of hydrogen-bond acceptors (Lipinski definition) is 2. The minimum absolute atomic E-state index is 0.0873. The molecular formula is C26H55O2P. The Bertz CT molecular complexity index is 317. The molecule has 0 saturated carbocycles. The summed E-state index contributed by atoms with van der Waals surface area (Å²) in [4.78, 5) is 0. The summed E-state index contributed by atoms with van der Waals surface area (Å²) in [6.45, 7) is 6.83. The summed E-state index contributed by atoms with van der Waals surface area (Å²) >= 11 is 0. The highest BCUT2D eigenvalue weighted by atomic mass is 31.1. The molecule has 0 heterocycles. The Hall–Kier alpha value is 0.190. The molecule has 176 valence electrons. The van der Waals surface area contributed by atoms with Crippen LogP contribution in [0.5, 0.6) is 0 Å². The van der Waals surface area contributed by atoms with E-state index < -0.39 is 8.69 Å². The molecule has 0 aliphatic carbocycles. The topological polar surface area (TPSA) is 26.3 Å². The normalized spacial score (nSPS) is 12.4. The molecular weight excluding hydrogens is 375 g/mol. The Balaban J connectivity index is 4.40. The first-order chi connectivity index (χ1) is 14.2. The van der Waals surface area contributed by atoms with Gasteiger partial charge in [-0.15, -0.1) is 0 Å². The van der Waals surface area contributed by atoms with Crippen molar-refractivity contribution in [2.75, 3.05) is 0 Å². The maximum atomic E-state index is 11.6. The molecule has 0 aromatic rings. The van der Waals surface area contributed by atoms with Gasteiger partial charge in [0.05, 0.1) is 5.60 Å². The van der Waals surface area contributed by atoms with Gasteiger partial charge in [0.15, 0.2) is 8.69 Å². The summed E-state index contributed by atoms with van der Waals surface area (Å²) in [6, 6.07) is 0. The highest BCUT2D eigenvalue weighted by Crippen LogP contribution is 2.35. The lowest BCUT2D eigenvalue weighted by molar-refractivity contribution is 0.0466. The van der Waals surface area contributed by atoms with Crippen LogP contribution in [0, 0.1) is 0 Å². The lowest BCUT2D eigenvalue weighted by Gasteiger charge is -2.32. The molecule has 0 fully saturated rings. The Morgan fingerprint density at radius 1 is 0.483 bits per heavy atom. The molecule has 2 nitrogen and oxygen atoms in total. The number of hydrogen-bond donors (Lipinski definition) is 0. The Morgan fingerprint density at radius 3 is 1.03 bits per heavy atom. The van der Waals surface area contributed by atoms with Gasteiger partial charge in [0.1, 0.15) is 0 Å². The molecule has 0 amide bonds. The van der Waals surface area contributed by atoms with E-state index in [9.17, 15) is 4.57 Å². The van der Waals surface area contributed by atoms with Crippen LogP contribution < -0.4 is 0 Å². The second-order valence-electron chi connectivity index (χ2n) is 9.30. The highest BCUT2D eigenvalue weighted by Gasteiger charge is 2.29. The Morgan fingerprint density at radius 2 is 0.759 bits per heavy atom. The van der Waals surface area contributed by atoms with E-state index in [4.69, 9.17) is 4.52 Å². The molecule has 29 heavy (non-hydrogen) atoms. The van der Waals surface area contributed by atoms with Crippen molar-refractivity contribution in [3.8, 4) is 0 Å². The van der Waals surface area contributed by atoms with Crippen molar-refractivity contribution >= 4 is 8.69 Å². The van der Waals surface area contributed by atoms with Gasteiger partial charge >= 0.3 is 0 Å². The van der Waals surface area contributed by atoms with Crippen LogP contribution in [0.2, 0.25) is 0 Å². The summed E-state index contributed by atoms with van der Waals surface area (Å²) in [7, 11) is -1.10. The molecule has 0 saturated heterocycles. The summed E-state index contributed by atoms with van der Waals surface area (Å²) in [5.41, 5.74) is -0.0873. The maximum absolute atomic E-state index is 11.6. The summed E-state index contributed by atoms with van der Waals surface area (Å²) < 4.78 is 17.6. The SMILES string of the molecule is CCCCCCCCCC(CCCCCCCC)(CCCCCCCC)O[PH2]=O. The first-order valence-corrected chi connectivity index (χ1v) is 14.3. The minimum atomic E-state index is -1.10. The second-order valence-corrected chi connectivity index (χ2v) is 9.73. The molecule has 3 heteroatoms. The van der Waals surface area contributed by atoms with Gasteiger partial charge < -0.3 is 4.52 Å². The predicted octanol–water partition coefficient (Wildman–Crippen LogP) is 10.1. The zero-order valence-corrected chi connectivity index (χ0v) is 21.6. The fourth-order valence-electron chi connectivity index (χ4n) is 4.51. The third-order valence-corrected chi connectivity index (χ3v) is 7.10. The van der Waals surface area contributed by atoms with Gasteiger partial charge in [0, 0.05) is 0 Å². The van der Waals surface area contributed by atoms with Gasteiger partial charge in [-0.2, -0.15) is 0 Å². The predicted molar refractivity (Wildman–Crippen MR) is 133 cm³/mol. The first-order valence-electron chi connectivity index (χ1n) is 13.4. The van der Waals surface area contributed by atoms with Crippen molar-refractivity contribution in [3.63, 3.8) is 0 Å². The molecule has 0 radical (unpaired) electrons. The fraction of sp³-hybridized carbons (Fsp3) is 1.00. The van der Waals surface area contributed by atoms with Gasteiger partial charge in [-0.25, -0.2) is 0 Å². The van der Waals surface area contributed by atoms with Crippen molar-refractivity contribution in [2.24, 2.45) is 0 Å². The average Bonchev–Trinajstić information content (AvgIpc) is 2.72. The lowest BCUT2D eigenvalue weighted by atomic mass is 9.85. The van der Waals surface area contributed by atoms with Gasteiger partial charge in [0.25, 0.3) is 0 Å². The van der Waals surface area contributed by atoms with Crippen LogP contribution in [0.3, 0.4) is 0 Å². The smallest absolute Gasteiger partial charge is 0.180 e. The number of unbranched alkanes of at least 4 members (excludes halogenated alkanes) is 16. The highest BCUT2D eigenvalue weighted by molar-refractivity contribution is 7.17. The minimum Gasteiger partial charge on any atom is -0.326 e. The van der Waals surface area contributed by atoms with Crippen LogP contribution in [0.4, 0.5) is 0 Å². The van der Waals surface area contributed by atoms with E-state index in [1.165, 1.54) is 122 Å². The fourth-order valence-corrected chi connectivity index (χ4v) is 5.07. The molecule has 0 aliphatic rings. The van der Waals surface area contributed by atoms with Crippen molar-refractivity contribution in [1.82, 2.24) is 0 Å². The molecule has 0 N–H and O–H groups in total. The second kappa shape index (κ2) is 22.9. The van der Waals surface area contributed by atoms with Gasteiger partial charge in [-0.3, -0.25) is 4.57 Å². The Labute approximate surface area is 185 Å². The summed E-state index contributed by atoms with van der Waals surface area (Å²) in [5.74, 6) is 0. The van der Waals surface area contributed by atoms with E-state index in [1.54, 1.807) is 0 Å². The van der Waals surface area contributed by atoms with E-state index in [-0.39, 0.29) is 5.60 Å². The molecule has 0 aromatic carbocycles. The van der Waals surface area contributed by atoms with Crippen molar-refractivity contribution in [1.29, 1.82) is 0 Å². The quantitative estimate of drug-likeness (QED) is 0.112. The van der Waals surface area contributed by atoms with E-state index in [0.717, 1.165) is 19.3 Å². The molecule has 0 aliphatic heterocycles. The van der Waals surface area contributed by atoms with Crippen molar-refractivity contribution < 1.29 is 9.09 Å². The lowest BCUT2D eigenvalue weighted by Crippen LogP contribution is -2.30. The van der Waals surface area contributed by atoms with E-state index >= 15 is 0 Å². The zero-order valence-electron chi connectivity index (χ0n) is 20.5. The Kier molecular flexibility index (Phi) is 23.0. The molecule has 0 rings (SSSR count). The average molecular weight is 431 g/mol. The van der Waals surface area contributed by atoms with Crippen molar-refractivity contribution in [2.45, 2.75) is 168 Å². The van der Waals surface area contributed by atoms with Gasteiger partial charge in [-0.05, 0) is 19.3 Å². The van der Waals surface area contributed by atoms with E-state index in [0.29, 0.717) is 0 Å². The summed E-state index contributed by atoms with van der Waals surface area (Å²) in [5, 5.41) is 0. The van der Waals surface area contributed by atoms with Crippen LogP contribution in [0.15, 0.2) is 0 Å². The third kappa shape index (κ3) is 18.7. The van der Waals surface area contributed by atoms with Gasteiger partial charge in [-0.1, -0.05) is 143 Å². The third-order valence-electron chi connectivity index (χ3n) is 6.51. The first kappa shape index (κ1) is 29.2. The summed E-state index contributed by atoms with van der Waals surface area (Å²) in [6.07, 6.45) is 28.6. The number of rotatable bonds is 24. The van der Waals surface area contributed by atoms with Gasteiger partial charge in [0.2, 0.25) is 0 Å². The molecule has 1 unspecified atom stereocenters. The molecule has 0 aromatic heterocycles. The molecule has 0 spiro atoms. The largest absolute Gasteiger partial charge is 0.326 e. The van der Waals surface area contributed by atoms with Crippen LogP contribution in [-0.4, -0.2) is 5.60 Å². The monoisotopic (exact) mass is 430 g/mol. The van der Waals surface area contributed by atoms with Crippen LogP contribution in [-0.2, 0) is 9.09 Å². The van der Waals surface area contributed by atoms with E-state index in [1.807, 2.05) is 0 Å².